The summed E-state index contributed by atoms with van der Waals surface area (Å²) < 4.78 is 14.5. The van der Waals surface area contributed by atoms with Gasteiger partial charge in [0.25, 0.3) is 0 Å². The fraction of sp³-hybridized carbons (Fsp3) is 0.583. The molecule has 0 aliphatic carbocycles. The van der Waals surface area contributed by atoms with Crippen LogP contribution in [0.3, 0.4) is 0 Å². The van der Waals surface area contributed by atoms with E-state index in [0.29, 0.717) is 6.42 Å². The zero-order valence-electron chi connectivity index (χ0n) is 11.9. The summed E-state index contributed by atoms with van der Waals surface area (Å²) in [5, 5.41) is 0. The third-order valence-corrected chi connectivity index (χ3v) is 2.67. The molecule has 108 valence electrons. The minimum Gasteiger partial charge on any atom is -0.517 e. The number of carbonyl (C=O) groups excluding carboxylic acids is 3. The predicted octanol–water partition coefficient (Wildman–Crippen LogP) is 1.42. The molecule has 1 unspecified atom stereocenters. The number of hydrogen-bond donors (Lipinski definition) is 0. The third-order valence-electron chi connectivity index (χ3n) is 1.86. The highest BCUT2D eigenvalue weighted by Crippen LogP contribution is 2.09. The van der Waals surface area contributed by atoms with Crippen molar-refractivity contribution < 1.29 is 28.3 Å². The average Bonchev–Trinajstić information content (AvgIpc) is 2.30. The fourth-order valence-corrected chi connectivity index (χ4v) is 1.78. The van der Waals surface area contributed by atoms with Gasteiger partial charge in [-0.3, -0.25) is 0 Å². The van der Waals surface area contributed by atoms with Crippen molar-refractivity contribution in [2.45, 2.75) is 39.1 Å². The molecule has 0 aliphatic heterocycles. The van der Waals surface area contributed by atoms with Crippen LogP contribution >= 0.6 is 0 Å². The molecule has 19 heavy (non-hydrogen) atoms. The van der Waals surface area contributed by atoms with E-state index < -0.39 is 32.3 Å². The number of methoxy groups -OCH3 is 1. The van der Waals surface area contributed by atoms with E-state index >= 15 is 0 Å². The van der Waals surface area contributed by atoms with E-state index in [4.69, 9.17) is 9.16 Å². The molecule has 0 saturated heterocycles. The zero-order chi connectivity index (χ0) is 15.1. The molecule has 0 aromatic rings. The van der Waals surface area contributed by atoms with Gasteiger partial charge < -0.3 is 13.9 Å². The Kier molecular flexibility index (Phi) is 7.06. The van der Waals surface area contributed by atoms with E-state index in [0.717, 1.165) is 12.2 Å². The van der Waals surface area contributed by atoms with Gasteiger partial charge >= 0.3 is 17.9 Å². The maximum atomic E-state index is 11.7. The second-order valence-corrected chi connectivity index (χ2v) is 9.15. The molecule has 0 fully saturated rings. The summed E-state index contributed by atoms with van der Waals surface area (Å²) in [5.74, 6) is -2.01. The predicted molar refractivity (Wildman–Crippen MR) is 70.8 cm³/mol. The summed E-state index contributed by atoms with van der Waals surface area (Å²) in [4.78, 5) is 33.9. The Morgan fingerprint density at radius 2 is 1.63 bits per heavy atom. The first kappa shape index (κ1) is 17.4. The van der Waals surface area contributed by atoms with Crippen LogP contribution in [-0.2, 0) is 28.3 Å². The smallest absolute Gasteiger partial charge is 0.334 e. The Morgan fingerprint density at radius 3 is 2.05 bits per heavy atom. The molecule has 0 radical (unpaired) electrons. The molecule has 1 atom stereocenters. The topological polar surface area (TPSA) is 78.9 Å². The van der Waals surface area contributed by atoms with E-state index in [2.05, 4.69) is 4.74 Å². The highest BCUT2D eigenvalue weighted by Gasteiger charge is 2.27. The van der Waals surface area contributed by atoms with Crippen molar-refractivity contribution in [3.05, 3.63) is 12.2 Å². The van der Waals surface area contributed by atoms with Crippen molar-refractivity contribution in [3.8, 4) is 0 Å². The lowest BCUT2D eigenvalue weighted by atomic mass is 10.3. The van der Waals surface area contributed by atoms with Gasteiger partial charge in [0.1, 0.15) is 0 Å². The van der Waals surface area contributed by atoms with Crippen molar-refractivity contribution in [1.29, 1.82) is 0 Å². The van der Waals surface area contributed by atoms with Crippen LogP contribution in [-0.4, -0.2) is 39.4 Å². The Morgan fingerprint density at radius 1 is 1.11 bits per heavy atom. The number of ether oxygens (including phenoxy) is 2. The maximum absolute atomic E-state index is 11.7. The summed E-state index contributed by atoms with van der Waals surface area (Å²) in [6, 6.07) is 0. The van der Waals surface area contributed by atoms with Crippen molar-refractivity contribution in [1.82, 2.24) is 0 Å². The molecule has 0 amide bonds. The summed E-state index contributed by atoms with van der Waals surface area (Å²) in [6.45, 7) is 7.28. The third kappa shape index (κ3) is 8.14. The van der Waals surface area contributed by atoms with E-state index in [1.54, 1.807) is 6.92 Å². The molecule has 0 N–H and O–H groups in total. The second kappa shape index (κ2) is 7.73. The molecule has 6 nitrogen and oxygen atoms in total. The first-order chi connectivity index (χ1) is 8.69. The zero-order valence-corrected chi connectivity index (χ0v) is 12.9. The molecule has 0 saturated carbocycles. The van der Waals surface area contributed by atoms with Gasteiger partial charge in [-0.25, -0.2) is 14.4 Å². The first-order valence-electron chi connectivity index (χ1n) is 5.89. The molecule has 0 spiro atoms. The molecule has 0 heterocycles. The lowest BCUT2D eigenvalue weighted by Gasteiger charge is -2.21. The van der Waals surface area contributed by atoms with Crippen molar-refractivity contribution >= 4 is 26.2 Å². The summed E-state index contributed by atoms with van der Waals surface area (Å²) in [7, 11) is -0.833. The van der Waals surface area contributed by atoms with Crippen molar-refractivity contribution in [2.75, 3.05) is 7.11 Å². The normalized spacial score (nSPS) is 12.9. The molecule has 0 aromatic carbocycles. The van der Waals surface area contributed by atoms with Crippen molar-refractivity contribution in [3.63, 3.8) is 0 Å². The van der Waals surface area contributed by atoms with Gasteiger partial charge in [0.2, 0.25) is 8.32 Å². The molecule has 0 aliphatic rings. The van der Waals surface area contributed by atoms with Gasteiger partial charge in [-0.15, -0.1) is 0 Å². The van der Waals surface area contributed by atoms with Crippen LogP contribution in [0.2, 0.25) is 19.6 Å². The fourth-order valence-electron chi connectivity index (χ4n) is 1.05. The first-order valence-corrected chi connectivity index (χ1v) is 9.30. The van der Waals surface area contributed by atoms with E-state index in [-0.39, 0.29) is 0 Å². The van der Waals surface area contributed by atoms with Gasteiger partial charge in [-0.1, -0.05) is 6.92 Å². The highest BCUT2D eigenvalue weighted by molar-refractivity contribution is 6.71. The van der Waals surface area contributed by atoms with Crippen LogP contribution in [0.4, 0.5) is 0 Å². The minimum atomic E-state index is -2.03. The molecule has 0 aromatic heterocycles. The lowest BCUT2D eigenvalue weighted by molar-refractivity contribution is -0.159. The average molecular weight is 288 g/mol. The highest BCUT2D eigenvalue weighted by atomic mass is 28.4. The number of rotatable bonds is 6. The van der Waals surface area contributed by atoms with E-state index in [1.165, 1.54) is 7.11 Å². The monoisotopic (exact) mass is 288 g/mol. The van der Waals surface area contributed by atoms with Crippen LogP contribution < -0.4 is 0 Å². The summed E-state index contributed by atoms with van der Waals surface area (Å²) in [6.07, 6.45) is 1.19. The molecule has 0 bridgehead atoms. The Bertz CT molecular complexity index is 369. The standard InChI is InChI=1S/C12H20O6Si/c1-6-9(12(15)18-19(3,4)5)17-11(14)8-7-10(13)16-2/h7-9H,6H2,1-5H3/b8-7-. The van der Waals surface area contributed by atoms with Crippen molar-refractivity contribution in [2.24, 2.45) is 0 Å². The Labute approximate surface area is 113 Å². The van der Waals surface area contributed by atoms with Gasteiger partial charge in [-0.2, -0.15) is 0 Å². The van der Waals surface area contributed by atoms with Crippen LogP contribution in [0.15, 0.2) is 12.2 Å². The van der Waals surface area contributed by atoms with E-state index in [1.807, 2.05) is 19.6 Å². The summed E-state index contributed by atoms with van der Waals surface area (Å²) >= 11 is 0. The minimum absolute atomic E-state index is 0.307. The van der Waals surface area contributed by atoms with Crippen LogP contribution in [0.1, 0.15) is 13.3 Å². The maximum Gasteiger partial charge on any atom is 0.334 e. The Balaban J connectivity index is 4.48. The Hall–Kier alpha value is -1.63. The quantitative estimate of drug-likeness (QED) is 0.418. The molecule has 0 rings (SSSR count). The molecular weight excluding hydrogens is 268 g/mol. The van der Waals surface area contributed by atoms with E-state index in [9.17, 15) is 14.4 Å². The number of esters is 2. The van der Waals surface area contributed by atoms with Gasteiger partial charge in [-0.05, 0) is 26.1 Å². The van der Waals surface area contributed by atoms with Gasteiger partial charge in [0.15, 0.2) is 6.10 Å². The summed E-state index contributed by atoms with van der Waals surface area (Å²) in [5.41, 5.74) is 0. The molecule has 7 heteroatoms. The largest absolute Gasteiger partial charge is 0.517 e. The lowest BCUT2D eigenvalue weighted by Crippen LogP contribution is -2.37. The second-order valence-electron chi connectivity index (χ2n) is 4.72. The number of carbonyl (C=O) groups is 3. The van der Waals surface area contributed by atoms with Crippen LogP contribution in [0, 0.1) is 0 Å². The van der Waals surface area contributed by atoms with Gasteiger partial charge in [0, 0.05) is 12.2 Å². The van der Waals surface area contributed by atoms with Crippen LogP contribution in [0.25, 0.3) is 0 Å². The SMILES string of the molecule is CCC(OC(=O)/C=C\C(=O)OC)C(=O)O[Si](C)(C)C. The number of hydrogen-bond acceptors (Lipinski definition) is 6. The van der Waals surface area contributed by atoms with Crippen LogP contribution in [0.5, 0.6) is 0 Å². The van der Waals surface area contributed by atoms with Gasteiger partial charge in [0.05, 0.1) is 7.11 Å². The molecular formula is C12H20O6Si.